The first-order valence-electron chi connectivity index (χ1n) is 26.4. The van der Waals surface area contributed by atoms with Crippen LogP contribution in [-0.4, -0.2) is 4.57 Å². The summed E-state index contributed by atoms with van der Waals surface area (Å²) >= 11 is 0. The van der Waals surface area contributed by atoms with Gasteiger partial charge in [0.05, 0.1) is 10.8 Å². The molecule has 0 aliphatic heterocycles. The molecular formula is C71H63N2+. The van der Waals surface area contributed by atoms with Gasteiger partial charge in [0, 0.05) is 12.8 Å². The molecule has 11 aromatic rings. The highest BCUT2D eigenvalue weighted by atomic mass is 15.2. The maximum atomic E-state index is 2.72. The van der Waals surface area contributed by atoms with Gasteiger partial charge in [0.15, 0.2) is 11.4 Å². The van der Waals surface area contributed by atoms with Gasteiger partial charge in [-0.2, -0.15) is 0 Å². The zero-order chi connectivity index (χ0) is 49.5. The molecule has 0 saturated carbocycles. The lowest BCUT2D eigenvalue weighted by Crippen LogP contribution is -2.51. The van der Waals surface area contributed by atoms with E-state index in [2.05, 4.69) is 286 Å². The van der Waals surface area contributed by atoms with E-state index in [1.165, 1.54) is 99.7 Å². The van der Waals surface area contributed by atoms with E-state index in [-0.39, 0.29) is 22.7 Å². The van der Waals surface area contributed by atoms with Crippen molar-refractivity contribution in [3.05, 3.63) is 294 Å². The molecular weight excluding hydrogens is 881 g/mol. The summed E-state index contributed by atoms with van der Waals surface area (Å²) in [5, 5.41) is 5.09. The molecule has 1 heterocycles. The number of aromatic nitrogens is 2. The van der Waals surface area contributed by atoms with E-state index in [4.69, 9.17) is 0 Å². The zero-order valence-electron chi connectivity index (χ0n) is 42.5. The largest absolute Gasteiger partial charge is 0.244 e. The summed E-state index contributed by atoms with van der Waals surface area (Å²) in [5.74, 6) is 0.516. The summed E-state index contributed by atoms with van der Waals surface area (Å²) in [7, 11) is 0. The van der Waals surface area contributed by atoms with Crippen LogP contribution in [0.5, 0.6) is 0 Å². The lowest BCUT2D eigenvalue weighted by atomic mass is 9.66. The normalized spacial score (nSPS) is 12.6. The van der Waals surface area contributed by atoms with Crippen LogP contribution in [0, 0.1) is 11.8 Å². The first-order valence-corrected chi connectivity index (χ1v) is 26.4. The number of nitrogens with zero attached hydrogens (tertiary/aromatic N) is 2. The third kappa shape index (κ3) is 7.92. The van der Waals surface area contributed by atoms with Crippen LogP contribution < -0.4 is 4.57 Å². The average molecular weight is 944 g/mol. The maximum absolute atomic E-state index is 2.72. The van der Waals surface area contributed by atoms with Crippen LogP contribution in [-0.2, 0) is 36.8 Å². The second kappa shape index (κ2) is 19.2. The third-order valence-corrected chi connectivity index (χ3v) is 16.7. The molecule has 0 N–H and O–H groups in total. The Morgan fingerprint density at radius 3 is 1.18 bits per heavy atom. The number of benzene rings is 10. The SMILES string of the molecule is CC(C)C(Cn1c[n+](CC(c2ccccc2)(c2ccccc2)C(C)C)c2c1Cc1c(-c3ccccc3)cc3ccccc3c1-c1c(c(-c3ccccc3)cc3ccccc13)C2)(c1ccccc1)c1ccccc1. The molecule has 356 valence electrons. The van der Waals surface area contributed by atoms with Crippen molar-refractivity contribution in [3.8, 4) is 33.4 Å². The van der Waals surface area contributed by atoms with Crippen molar-refractivity contribution in [2.45, 2.75) is 64.5 Å². The second-order valence-corrected chi connectivity index (χ2v) is 21.1. The molecule has 0 bridgehead atoms. The summed E-state index contributed by atoms with van der Waals surface area (Å²) in [4.78, 5) is 0. The molecule has 2 heteroatoms. The monoisotopic (exact) mass is 943 g/mol. The van der Waals surface area contributed by atoms with Gasteiger partial charge in [-0.1, -0.05) is 258 Å². The Morgan fingerprint density at radius 2 is 0.767 bits per heavy atom. The highest BCUT2D eigenvalue weighted by molar-refractivity contribution is 6.12. The first kappa shape index (κ1) is 46.0. The Bertz CT molecular complexity index is 3380. The summed E-state index contributed by atoms with van der Waals surface area (Å²) in [6, 6.07) is 91.0. The molecule has 0 atom stereocenters. The molecule has 73 heavy (non-hydrogen) atoms. The van der Waals surface area contributed by atoms with Crippen LogP contribution in [0.2, 0.25) is 0 Å². The van der Waals surface area contributed by atoms with Gasteiger partial charge in [-0.25, -0.2) is 9.13 Å². The topological polar surface area (TPSA) is 8.81 Å². The fraction of sp³-hybridized carbons (Fsp3) is 0.169. The molecule has 0 unspecified atom stereocenters. The quantitative estimate of drug-likeness (QED) is 0.108. The van der Waals surface area contributed by atoms with Crippen molar-refractivity contribution >= 4 is 21.5 Å². The second-order valence-electron chi connectivity index (χ2n) is 21.1. The average Bonchev–Trinajstić information content (AvgIpc) is 3.74. The predicted octanol–water partition coefficient (Wildman–Crippen LogP) is 16.9. The summed E-state index contributed by atoms with van der Waals surface area (Å²) < 4.78 is 5.44. The van der Waals surface area contributed by atoms with Gasteiger partial charge >= 0.3 is 0 Å². The smallest absolute Gasteiger partial charge is 0.232 e. The highest BCUT2D eigenvalue weighted by Gasteiger charge is 2.45. The standard InChI is InChI=1S/C71H63N2/c1-50(2)70(56-33-15-7-16-34-56,57-35-17-8-18-36-57)47-72-49-73(48-71(51(3)4,58-37-19-9-20-38-58)59-39-21-10-22-40-59)67-46-65-63(53-29-13-6-14-30-53)44-55-32-24-26-42-61(55)69(65)68-60-41-25-23-31-54(60)43-62(64(68)45-66(67)72)52-27-11-5-12-28-52/h5-44,49-51H,45-48H2,1-4H3/q+1. The van der Waals surface area contributed by atoms with Crippen LogP contribution in [0.25, 0.3) is 54.9 Å². The van der Waals surface area contributed by atoms with Gasteiger partial charge in [-0.3, -0.25) is 0 Å². The molecule has 1 aliphatic carbocycles. The van der Waals surface area contributed by atoms with Crippen molar-refractivity contribution in [1.82, 2.24) is 4.57 Å². The maximum Gasteiger partial charge on any atom is 0.244 e. The minimum atomic E-state index is -0.360. The zero-order valence-corrected chi connectivity index (χ0v) is 42.5. The minimum absolute atomic E-state index is 0.258. The highest BCUT2D eigenvalue weighted by Crippen LogP contribution is 2.50. The minimum Gasteiger partial charge on any atom is -0.232 e. The van der Waals surface area contributed by atoms with Crippen molar-refractivity contribution < 1.29 is 4.57 Å². The lowest BCUT2D eigenvalue weighted by Gasteiger charge is -2.38. The van der Waals surface area contributed by atoms with Crippen LogP contribution in [0.4, 0.5) is 0 Å². The Hall–Kier alpha value is -8.07. The molecule has 0 saturated heterocycles. The number of fused-ring (bicyclic) bond motifs is 8. The number of hydrogen-bond donors (Lipinski definition) is 0. The molecule has 1 aliphatic rings. The third-order valence-electron chi connectivity index (χ3n) is 16.7. The molecule has 10 aromatic carbocycles. The fourth-order valence-electron chi connectivity index (χ4n) is 13.0. The molecule has 0 fully saturated rings. The van der Waals surface area contributed by atoms with E-state index in [9.17, 15) is 0 Å². The van der Waals surface area contributed by atoms with Crippen LogP contribution in [0.1, 0.15) is 72.5 Å². The van der Waals surface area contributed by atoms with Gasteiger partial charge in [0.2, 0.25) is 6.33 Å². The summed E-state index contributed by atoms with van der Waals surface area (Å²) in [6.45, 7) is 11.2. The fourth-order valence-corrected chi connectivity index (χ4v) is 13.0. The van der Waals surface area contributed by atoms with E-state index in [0.717, 1.165) is 25.9 Å². The van der Waals surface area contributed by atoms with Gasteiger partial charge in [0.1, 0.15) is 13.1 Å². The molecule has 0 spiro atoms. The number of imidazole rings is 1. The summed E-state index contributed by atoms with van der Waals surface area (Å²) in [6.07, 6.45) is 4.05. The Balaban J connectivity index is 1.25. The lowest BCUT2D eigenvalue weighted by molar-refractivity contribution is -0.711. The number of rotatable bonds is 12. The Labute approximate surface area is 431 Å². The van der Waals surface area contributed by atoms with Gasteiger partial charge < -0.3 is 0 Å². The van der Waals surface area contributed by atoms with Gasteiger partial charge in [0.25, 0.3) is 0 Å². The van der Waals surface area contributed by atoms with Crippen molar-refractivity contribution in [1.29, 1.82) is 0 Å². The van der Waals surface area contributed by atoms with Gasteiger partial charge in [-0.05, 0) is 112 Å². The molecule has 2 nitrogen and oxygen atoms in total. The van der Waals surface area contributed by atoms with Crippen molar-refractivity contribution in [2.75, 3.05) is 0 Å². The van der Waals surface area contributed by atoms with E-state index >= 15 is 0 Å². The molecule has 0 radical (unpaired) electrons. The van der Waals surface area contributed by atoms with E-state index < -0.39 is 0 Å². The van der Waals surface area contributed by atoms with Crippen LogP contribution in [0.15, 0.2) is 249 Å². The van der Waals surface area contributed by atoms with E-state index in [1.807, 2.05) is 0 Å². The molecule has 0 amide bonds. The number of hydrogen-bond acceptors (Lipinski definition) is 0. The van der Waals surface area contributed by atoms with E-state index in [0.29, 0.717) is 0 Å². The van der Waals surface area contributed by atoms with Crippen LogP contribution >= 0.6 is 0 Å². The predicted molar refractivity (Wildman–Crippen MR) is 305 cm³/mol. The Kier molecular flexibility index (Phi) is 12.1. The van der Waals surface area contributed by atoms with Gasteiger partial charge in [-0.15, -0.1) is 0 Å². The van der Waals surface area contributed by atoms with E-state index in [1.54, 1.807) is 0 Å². The van der Waals surface area contributed by atoms with Crippen molar-refractivity contribution in [3.63, 3.8) is 0 Å². The molecule has 1 aromatic heterocycles. The van der Waals surface area contributed by atoms with Crippen molar-refractivity contribution in [2.24, 2.45) is 11.8 Å². The Morgan fingerprint density at radius 1 is 0.411 bits per heavy atom. The summed E-state index contributed by atoms with van der Waals surface area (Å²) in [5.41, 5.74) is 17.8. The molecule has 12 rings (SSSR count). The first-order chi connectivity index (χ1) is 35.8. The van der Waals surface area contributed by atoms with Crippen LogP contribution in [0.3, 0.4) is 0 Å².